The van der Waals surface area contributed by atoms with Gasteiger partial charge in [-0.3, -0.25) is 0 Å². The number of benzene rings is 7. The summed E-state index contributed by atoms with van der Waals surface area (Å²) in [6, 6.07) is 56.1. The zero-order valence-corrected chi connectivity index (χ0v) is 37.3. The molecule has 0 N–H and O–H groups in total. The van der Waals surface area contributed by atoms with Crippen molar-refractivity contribution in [3.8, 4) is 22.3 Å². The summed E-state index contributed by atoms with van der Waals surface area (Å²) in [6.07, 6.45) is 0. The molecule has 0 amide bonds. The van der Waals surface area contributed by atoms with Crippen molar-refractivity contribution in [1.82, 2.24) is 0 Å². The Morgan fingerprint density at radius 1 is 0.417 bits per heavy atom. The summed E-state index contributed by atoms with van der Waals surface area (Å²) in [4.78, 5) is 5.10. The molecule has 0 radical (unpaired) electrons. The second-order valence-electron chi connectivity index (χ2n) is 21.1. The van der Waals surface area contributed by atoms with Gasteiger partial charge in [0.25, 0.3) is 6.71 Å². The minimum absolute atomic E-state index is 0.00141. The van der Waals surface area contributed by atoms with E-state index < -0.39 is 0 Å². The summed E-state index contributed by atoms with van der Waals surface area (Å²) in [6.45, 7) is 25.7. The first-order chi connectivity index (χ1) is 28.4. The highest BCUT2D eigenvalue weighted by Crippen LogP contribution is 2.53. The van der Waals surface area contributed by atoms with E-state index in [1.807, 2.05) is 0 Å². The van der Waals surface area contributed by atoms with Gasteiger partial charge in [-0.1, -0.05) is 173 Å². The van der Waals surface area contributed by atoms with E-state index in [9.17, 15) is 0 Å². The molecule has 0 spiro atoms. The first-order valence-corrected chi connectivity index (χ1v) is 21.9. The zero-order chi connectivity index (χ0) is 42.1. The van der Waals surface area contributed by atoms with Gasteiger partial charge in [0, 0.05) is 39.5 Å². The van der Waals surface area contributed by atoms with Crippen LogP contribution in [0.5, 0.6) is 0 Å². The molecule has 0 bridgehead atoms. The van der Waals surface area contributed by atoms with Crippen LogP contribution < -0.4 is 26.2 Å². The maximum Gasteiger partial charge on any atom is 0.252 e. The topological polar surface area (TPSA) is 6.48 Å². The third-order valence-electron chi connectivity index (χ3n) is 13.7. The molecule has 60 heavy (non-hydrogen) atoms. The molecule has 3 heteroatoms. The number of fused-ring (bicyclic) bond motifs is 7. The smallest absolute Gasteiger partial charge is 0.252 e. The van der Waals surface area contributed by atoms with Gasteiger partial charge in [0.15, 0.2) is 0 Å². The van der Waals surface area contributed by atoms with Gasteiger partial charge in [-0.05, 0) is 131 Å². The molecule has 2 heterocycles. The number of hydrogen-bond donors (Lipinski definition) is 0. The molecule has 0 unspecified atom stereocenters. The highest BCUT2D eigenvalue weighted by atomic mass is 15.2. The Morgan fingerprint density at radius 2 is 0.983 bits per heavy atom. The minimum atomic E-state index is -0.0606. The number of hydrogen-bond acceptors (Lipinski definition) is 2. The standard InChI is InChI=1S/C57H57BN2/c1-54(2,3)37-25-29-40(30-26-37)59-48-32-28-38(55(4,5)6)34-47(48)58-46-31-27-39(56(7,8)9)35-51(46)60(50-24-16-23-49(59)53(50)58)41-18-14-17-36(33-41)42-20-15-22-45-52(42)43-19-12-13-21-44(43)57(45,10)11/h12-35H,1-11H3. The van der Waals surface area contributed by atoms with Gasteiger partial charge < -0.3 is 9.80 Å². The fourth-order valence-corrected chi connectivity index (χ4v) is 10.3. The lowest BCUT2D eigenvalue weighted by Crippen LogP contribution is -2.61. The molecular weight excluding hydrogens is 723 g/mol. The predicted octanol–water partition coefficient (Wildman–Crippen LogP) is 13.6. The van der Waals surface area contributed by atoms with Crippen LogP contribution in [0.3, 0.4) is 0 Å². The Kier molecular flexibility index (Phi) is 8.39. The van der Waals surface area contributed by atoms with Crippen LogP contribution in [0.4, 0.5) is 34.1 Å². The zero-order valence-electron chi connectivity index (χ0n) is 37.3. The Labute approximate surface area is 359 Å². The third-order valence-corrected chi connectivity index (χ3v) is 13.7. The second-order valence-corrected chi connectivity index (χ2v) is 21.1. The number of rotatable bonds is 3. The molecule has 1 aliphatic carbocycles. The summed E-state index contributed by atoms with van der Waals surface area (Å²) < 4.78 is 0. The first-order valence-electron chi connectivity index (χ1n) is 21.9. The number of nitrogens with zero attached hydrogens (tertiary/aromatic N) is 2. The highest BCUT2D eigenvalue weighted by Gasteiger charge is 2.44. The van der Waals surface area contributed by atoms with Crippen LogP contribution in [0, 0.1) is 0 Å². The van der Waals surface area contributed by atoms with Gasteiger partial charge in [0.05, 0.1) is 0 Å². The van der Waals surface area contributed by atoms with Crippen LogP contribution in [0.1, 0.15) is 104 Å². The van der Waals surface area contributed by atoms with Gasteiger partial charge in [-0.2, -0.15) is 0 Å². The van der Waals surface area contributed by atoms with Crippen molar-refractivity contribution < 1.29 is 0 Å². The van der Waals surface area contributed by atoms with E-state index in [1.54, 1.807) is 0 Å². The molecular formula is C57H57BN2. The molecule has 3 aliphatic rings. The summed E-state index contributed by atoms with van der Waals surface area (Å²) >= 11 is 0. The van der Waals surface area contributed by atoms with Crippen molar-refractivity contribution in [2.24, 2.45) is 0 Å². The van der Waals surface area contributed by atoms with E-state index in [0.29, 0.717) is 0 Å². The largest absolute Gasteiger partial charge is 0.311 e. The van der Waals surface area contributed by atoms with Crippen molar-refractivity contribution in [3.63, 3.8) is 0 Å². The fourth-order valence-electron chi connectivity index (χ4n) is 10.3. The molecule has 0 aromatic heterocycles. The molecule has 2 nitrogen and oxygen atoms in total. The second kappa shape index (κ2) is 13.1. The van der Waals surface area contributed by atoms with Crippen LogP contribution in [-0.4, -0.2) is 6.71 Å². The maximum absolute atomic E-state index is 2.57. The normalized spacial score (nSPS) is 14.9. The van der Waals surface area contributed by atoms with E-state index >= 15 is 0 Å². The number of anilines is 6. The molecule has 7 aromatic rings. The molecule has 0 atom stereocenters. The Bertz CT molecular complexity index is 2860. The molecule has 0 saturated heterocycles. The van der Waals surface area contributed by atoms with E-state index in [0.717, 1.165) is 0 Å². The molecule has 7 aromatic carbocycles. The van der Waals surface area contributed by atoms with Crippen LogP contribution in [0.2, 0.25) is 0 Å². The third kappa shape index (κ3) is 5.83. The minimum Gasteiger partial charge on any atom is -0.311 e. The van der Waals surface area contributed by atoms with Gasteiger partial charge in [0.1, 0.15) is 0 Å². The fraction of sp³-hybridized carbons (Fsp3) is 0.263. The van der Waals surface area contributed by atoms with Crippen LogP contribution in [-0.2, 0) is 21.7 Å². The molecule has 298 valence electrons. The average Bonchev–Trinajstić information content (AvgIpc) is 3.45. The quantitative estimate of drug-likeness (QED) is 0.165. The molecule has 2 aliphatic heterocycles. The van der Waals surface area contributed by atoms with E-state index in [-0.39, 0.29) is 28.4 Å². The molecule has 0 saturated carbocycles. The Hall–Kier alpha value is -5.80. The lowest BCUT2D eigenvalue weighted by atomic mass is 9.33. The predicted molar refractivity (Wildman–Crippen MR) is 260 cm³/mol. The Morgan fingerprint density at radius 3 is 1.68 bits per heavy atom. The lowest BCUT2D eigenvalue weighted by Gasteiger charge is -2.45. The molecule has 10 rings (SSSR count). The summed E-state index contributed by atoms with van der Waals surface area (Å²) in [7, 11) is 0. The van der Waals surface area contributed by atoms with E-state index in [2.05, 4.69) is 232 Å². The Balaban J connectivity index is 1.23. The van der Waals surface area contributed by atoms with Crippen LogP contribution >= 0.6 is 0 Å². The van der Waals surface area contributed by atoms with Crippen LogP contribution in [0.25, 0.3) is 22.3 Å². The van der Waals surface area contributed by atoms with Crippen molar-refractivity contribution in [2.75, 3.05) is 9.80 Å². The molecule has 0 fully saturated rings. The average molecular weight is 781 g/mol. The van der Waals surface area contributed by atoms with E-state index in [4.69, 9.17) is 0 Å². The van der Waals surface area contributed by atoms with Crippen LogP contribution in [0.15, 0.2) is 146 Å². The lowest BCUT2D eigenvalue weighted by molar-refractivity contribution is 0.590. The highest BCUT2D eigenvalue weighted by molar-refractivity contribution is 7.00. The monoisotopic (exact) mass is 780 g/mol. The summed E-state index contributed by atoms with van der Waals surface area (Å²) in [5.41, 5.74) is 23.5. The summed E-state index contributed by atoms with van der Waals surface area (Å²) in [5.74, 6) is 0. The van der Waals surface area contributed by atoms with Crippen molar-refractivity contribution in [1.29, 1.82) is 0 Å². The van der Waals surface area contributed by atoms with Gasteiger partial charge in [-0.25, -0.2) is 0 Å². The van der Waals surface area contributed by atoms with Gasteiger partial charge >= 0.3 is 0 Å². The SMILES string of the molecule is CC(C)(C)c1ccc(N2c3ccc(C(C)(C)C)cc3B3c4ccc(C(C)(C)C)cc4N(c4cccc(-c5cccc6c5-c5ccccc5C6(C)C)c4)c4cccc2c43)cc1. The van der Waals surface area contributed by atoms with Gasteiger partial charge in [0.2, 0.25) is 0 Å². The van der Waals surface area contributed by atoms with E-state index in [1.165, 1.54) is 101 Å². The summed E-state index contributed by atoms with van der Waals surface area (Å²) in [5, 5.41) is 0. The van der Waals surface area contributed by atoms with Gasteiger partial charge in [-0.15, -0.1) is 0 Å². The van der Waals surface area contributed by atoms with Crippen molar-refractivity contribution in [2.45, 2.75) is 97.8 Å². The van der Waals surface area contributed by atoms with Crippen molar-refractivity contribution in [3.05, 3.63) is 173 Å². The maximum atomic E-state index is 2.57. The van der Waals surface area contributed by atoms with Crippen molar-refractivity contribution >= 4 is 57.2 Å². The first kappa shape index (κ1) is 38.4.